The van der Waals surface area contributed by atoms with Crippen LogP contribution in [0, 0.1) is 0 Å². The summed E-state index contributed by atoms with van der Waals surface area (Å²) in [6, 6.07) is 17.3. The third kappa shape index (κ3) is 19.4. The van der Waals surface area contributed by atoms with Crippen molar-refractivity contribution < 1.29 is 57.1 Å². The normalized spacial score (nSPS) is 10.5. The van der Waals surface area contributed by atoms with E-state index in [-0.39, 0.29) is 34.8 Å². The number of rotatable bonds is 30. The first-order valence-corrected chi connectivity index (χ1v) is 20.5. The van der Waals surface area contributed by atoms with E-state index in [1.165, 1.54) is 18.2 Å². The van der Waals surface area contributed by atoms with Gasteiger partial charge < -0.3 is 33.2 Å². The number of hydrogen-bond acceptors (Lipinski definition) is 12. The third-order valence-electron chi connectivity index (χ3n) is 8.93. The Morgan fingerprint density at radius 2 is 0.847 bits per heavy atom. The van der Waals surface area contributed by atoms with Crippen LogP contribution in [-0.4, -0.2) is 62.9 Å². The quantitative estimate of drug-likeness (QED) is 0.0207. The molecule has 0 bridgehead atoms. The number of carbonyl (C=O) groups excluding carboxylic acids is 5. The maximum absolute atomic E-state index is 13.4. The Morgan fingerprint density at radius 1 is 0.441 bits per heavy atom. The average Bonchev–Trinajstić information content (AvgIpc) is 3.25. The van der Waals surface area contributed by atoms with Crippen LogP contribution < -0.4 is 18.9 Å². The second-order valence-electron chi connectivity index (χ2n) is 13.7. The zero-order chi connectivity index (χ0) is 42.5. The van der Waals surface area contributed by atoms with Gasteiger partial charge in [-0.05, 0) is 98.8 Å². The molecule has 12 heteroatoms. The molecule has 0 saturated heterocycles. The number of esters is 5. The Bertz CT molecular complexity index is 1760. The van der Waals surface area contributed by atoms with Gasteiger partial charge in [-0.25, -0.2) is 24.0 Å². The fourth-order valence-electron chi connectivity index (χ4n) is 5.64. The average molecular weight is 815 g/mol. The lowest BCUT2D eigenvalue weighted by atomic mass is 10.0. The van der Waals surface area contributed by atoms with Crippen LogP contribution in [0.3, 0.4) is 0 Å². The van der Waals surface area contributed by atoms with E-state index in [1.807, 2.05) is 0 Å². The number of ether oxygens (including phenoxy) is 7. The number of benzene rings is 3. The van der Waals surface area contributed by atoms with E-state index in [0.717, 1.165) is 95.6 Å². The van der Waals surface area contributed by atoms with Gasteiger partial charge in [0.2, 0.25) is 0 Å². The number of carbonyl (C=O) groups is 5. The van der Waals surface area contributed by atoms with Crippen molar-refractivity contribution in [2.45, 2.75) is 96.8 Å². The molecule has 318 valence electrons. The highest BCUT2D eigenvalue weighted by Crippen LogP contribution is 2.23. The lowest BCUT2D eigenvalue weighted by Gasteiger charge is -2.12. The summed E-state index contributed by atoms with van der Waals surface area (Å²) in [4.78, 5) is 62.0. The van der Waals surface area contributed by atoms with Crippen molar-refractivity contribution in [3.05, 3.63) is 109 Å². The second-order valence-corrected chi connectivity index (χ2v) is 13.7. The van der Waals surface area contributed by atoms with Gasteiger partial charge in [0, 0.05) is 12.2 Å². The van der Waals surface area contributed by atoms with Gasteiger partial charge in [0.05, 0.1) is 49.7 Å². The van der Waals surface area contributed by atoms with E-state index in [4.69, 9.17) is 33.2 Å². The van der Waals surface area contributed by atoms with Crippen molar-refractivity contribution in [3.63, 3.8) is 0 Å². The highest BCUT2D eigenvalue weighted by atomic mass is 16.6. The molecule has 0 aliphatic heterocycles. The first kappa shape index (κ1) is 47.5. The Balaban J connectivity index is 1.52. The molecule has 0 atom stereocenters. The summed E-state index contributed by atoms with van der Waals surface area (Å²) in [5, 5.41) is 0. The fourth-order valence-corrected chi connectivity index (χ4v) is 5.64. The second kappa shape index (κ2) is 28.5. The van der Waals surface area contributed by atoms with Gasteiger partial charge >= 0.3 is 29.8 Å². The van der Waals surface area contributed by atoms with Gasteiger partial charge in [-0.2, -0.15) is 0 Å². The highest BCUT2D eigenvalue weighted by Gasteiger charge is 2.23. The molecule has 0 spiro atoms. The molecule has 0 aromatic heterocycles. The molecule has 0 saturated carbocycles. The summed E-state index contributed by atoms with van der Waals surface area (Å²) in [5.74, 6) is -1.32. The molecule has 0 unspecified atom stereocenters. The maximum Gasteiger partial charge on any atom is 0.344 e. The molecule has 3 aromatic rings. The zero-order valence-corrected chi connectivity index (χ0v) is 34.3. The minimum absolute atomic E-state index is 0.0502. The zero-order valence-electron chi connectivity index (χ0n) is 34.3. The first-order chi connectivity index (χ1) is 28.7. The molecule has 0 heterocycles. The summed E-state index contributed by atoms with van der Waals surface area (Å²) < 4.78 is 38.3. The molecule has 0 aliphatic rings. The summed E-state index contributed by atoms with van der Waals surface area (Å²) in [6.45, 7) is 10.8. The third-order valence-corrected chi connectivity index (χ3v) is 8.93. The van der Waals surface area contributed by atoms with Gasteiger partial charge in [0.25, 0.3) is 0 Å². The SMILES string of the molecule is C=CC(=O)OCCCCCCCOc1ccc(OC(=O)c2ccc(C(=O)Oc3ccc(OCCCCCCCOC(=O)C=C)cc3)c(C(=O)OCCCCCC)c2)cc1. The van der Waals surface area contributed by atoms with Crippen LogP contribution in [-0.2, 0) is 23.8 Å². The van der Waals surface area contributed by atoms with Crippen molar-refractivity contribution in [2.24, 2.45) is 0 Å². The van der Waals surface area contributed by atoms with Gasteiger partial charge in [-0.3, -0.25) is 0 Å². The van der Waals surface area contributed by atoms with Crippen molar-refractivity contribution in [2.75, 3.05) is 33.0 Å². The Morgan fingerprint density at radius 3 is 1.32 bits per heavy atom. The van der Waals surface area contributed by atoms with Crippen molar-refractivity contribution in [3.8, 4) is 23.0 Å². The first-order valence-electron chi connectivity index (χ1n) is 20.5. The fraction of sp³-hybridized carbons (Fsp3) is 0.426. The lowest BCUT2D eigenvalue weighted by Crippen LogP contribution is -2.18. The Hall–Kier alpha value is -5.91. The summed E-state index contributed by atoms with van der Waals surface area (Å²) in [5.41, 5.74) is -0.124. The van der Waals surface area contributed by atoms with E-state index in [2.05, 4.69) is 20.1 Å². The van der Waals surface area contributed by atoms with Gasteiger partial charge in [-0.1, -0.05) is 77.9 Å². The van der Waals surface area contributed by atoms with E-state index in [9.17, 15) is 24.0 Å². The Labute approximate surface area is 347 Å². The van der Waals surface area contributed by atoms with Crippen LogP contribution in [0.2, 0.25) is 0 Å². The minimum atomic E-state index is -0.794. The summed E-state index contributed by atoms with van der Waals surface area (Å²) in [6.07, 6.45) is 15.1. The molecule has 0 aliphatic carbocycles. The van der Waals surface area contributed by atoms with Gasteiger partial charge in [0.15, 0.2) is 0 Å². The van der Waals surface area contributed by atoms with Gasteiger partial charge in [-0.15, -0.1) is 0 Å². The number of unbranched alkanes of at least 4 members (excludes halogenated alkanes) is 11. The van der Waals surface area contributed by atoms with Crippen LogP contribution in [0.5, 0.6) is 23.0 Å². The van der Waals surface area contributed by atoms with Crippen molar-refractivity contribution in [1.29, 1.82) is 0 Å². The standard InChI is InChI=1S/C47H58O12/c1-4-7-8-15-34-57-46(51)42-35-36(45(50)58-39-25-21-37(22-26-39)53-30-16-11-9-13-18-32-55-43(48)5-2)20-29-41(42)47(52)59-40-27-23-38(24-28-40)54-31-17-12-10-14-19-33-56-44(49)6-3/h5-6,20-29,35H,2-4,7-19,30-34H2,1H3. The topological polar surface area (TPSA) is 150 Å². The molecule has 12 nitrogen and oxygen atoms in total. The smallest absolute Gasteiger partial charge is 0.344 e. The van der Waals surface area contributed by atoms with Crippen molar-refractivity contribution >= 4 is 29.8 Å². The predicted molar refractivity (Wildman–Crippen MR) is 223 cm³/mol. The van der Waals surface area contributed by atoms with Crippen molar-refractivity contribution in [1.82, 2.24) is 0 Å². The van der Waals surface area contributed by atoms with E-state index >= 15 is 0 Å². The molecular weight excluding hydrogens is 757 g/mol. The van der Waals surface area contributed by atoms with Crippen LogP contribution in [0.4, 0.5) is 0 Å². The Kier molecular flexibility index (Phi) is 22.9. The van der Waals surface area contributed by atoms with Crippen LogP contribution in [0.25, 0.3) is 0 Å². The molecular formula is C47H58O12. The molecule has 0 fully saturated rings. The van der Waals surface area contributed by atoms with Gasteiger partial charge in [0.1, 0.15) is 23.0 Å². The predicted octanol–water partition coefficient (Wildman–Crippen LogP) is 9.98. The summed E-state index contributed by atoms with van der Waals surface area (Å²) >= 11 is 0. The van der Waals surface area contributed by atoms with E-state index in [1.54, 1.807) is 48.5 Å². The monoisotopic (exact) mass is 814 g/mol. The van der Waals surface area contributed by atoms with Crippen LogP contribution in [0.1, 0.15) is 128 Å². The van der Waals surface area contributed by atoms with E-state index < -0.39 is 29.8 Å². The largest absolute Gasteiger partial charge is 0.494 e. The minimum Gasteiger partial charge on any atom is -0.494 e. The molecule has 59 heavy (non-hydrogen) atoms. The van der Waals surface area contributed by atoms with Crippen LogP contribution in [0.15, 0.2) is 92.0 Å². The van der Waals surface area contributed by atoms with Crippen LogP contribution >= 0.6 is 0 Å². The number of hydrogen-bond donors (Lipinski definition) is 0. The molecule has 0 amide bonds. The highest BCUT2D eigenvalue weighted by molar-refractivity contribution is 6.06. The lowest BCUT2D eigenvalue weighted by molar-refractivity contribution is -0.138. The maximum atomic E-state index is 13.4. The molecule has 0 N–H and O–H groups in total. The molecule has 3 rings (SSSR count). The van der Waals surface area contributed by atoms with E-state index in [0.29, 0.717) is 44.3 Å². The molecule has 0 radical (unpaired) electrons. The summed E-state index contributed by atoms with van der Waals surface area (Å²) in [7, 11) is 0. The molecule has 3 aromatic carbocycles.